The number of carbonyl (C=O) groups is 1. The van der Waals surface area contributed by atoms with E-state index in [1.807, 2.05) is 45.1 Å². The van der Waals surface area contributed by atoms with E-state index in [0.717, 1.165) is 36.4 Å². The number of nitrogens with zero attached hydrogens (tertiary/aromatic N) is 3. The van der Waals surface area contributed by atoms with Gasteiger partial charge in [0.2, 0.25) is 5.88 Å². The zero-order chi connectivity index (χ0) is 23.0. The van der Waals surface area contributed by atoms with Crippen molar-refractivity contribution in [1.29, 1.82) is 0 Å². The van der Waals surface area contributed by atoms with Crippen molar-refractivity contribution >= 4 is 11.6 Å². The maximum atomic E-state index is 13.3. The summed E-state index contributed by atoms with van der Waals surface area (Å²) in [5.74, 6) is -0.0510. The maximum absolute atomic E-state index is 13.3. The number of amides is 1. The van der Waals surface area contributed by atoms with Gasteiger partial charge in [-0.05, 0) is 51.3 Å². The SMILES string of the molecule is C/C=C\C(=N/C)C1=C(C(=O)N(CC)[C@@H](C)COc2ccc(C(F)(F)F)cn2)C=CCC1. The molecule has 0 saturated heterocycles. The summed E-state index contributed by atoms with van der Waals surface area (Å²) in [6.07, 6.45) is 5.45. The Bertz CT molecular complexity index is 884. The Labute approximate surface area is 181 Å². The van der Waals surface area contributed by atoms with Crippen LogP contribution in [0.4, 0.5) is 13.2 Å². The Hall–Kier alpha value is -2.90. The molecule has 2 rings (SSSR count). The number of allylic oxidation sites excluding steroid dienone is 4. The molecule has 1 aliphatic rings. The molecule has 0 unspecified atom stereocenters. The average Bonchev–Trinajstić information content (AvgIpc) is 2.76. The van der Waals surface area contributed by atoms with Crippen LogP contribution < -0.4 is 4.74 Å². The number of aromatic nitrogens is 1. The van der Waals surface area contributed by atoms with Gasteiger partial charge in [-0.15, -0.1) is 0 Å². The lowest BCUT2D eigenvalue weighted by Gasteiger charge is -2.30. The smallest absolute Gasteiger partial charge is 0.417 e. The van der Waals surface area contributed by atoms with Crippen molar-refractivity contribution in [2.75, 3.05) is 20.2 Å². The van der Waals surface area contributed by atoms with Crippen molar-refractivity contribution in [3.63, 3.8) is 0 Å². The highest BCUT2D eigenvalue weighted by Crippen LogP contribution is 2.29. The molecule has 1 aromatic heterocycles. The lowest BCUT2D eigenvalue weighted by atomic mass is 9.92. The van der Waals surface area contributed by atoms with E-state index in [2.05, 4.69) is 9.98 Å². The lowest BCUT2D eigenvalue weighted by Crippen LogP contribution is -2.43. The van der Waals surface area contributed by atoms with Crippen molar-refractivity contribution < 1.29 is 22.7 Å². The molecule has 1 amide bonds. The van der Waals surface area contributed by atoms with E-state index in [0.29, 0.717) is 12.1 Å². The topological polar surface area (TPSA) is 54.8 Å². The molecule has 1 aromatic rings. The fourth-order valence-corrected chi connectivity index (χ4v) is 3.34. The maximum Gasteiger partial charge on any atom is 0.417 e. The third-order valence-electron chi connectivity index (χ3n) is 4.95. The molecule has 5 nitrogen and oxygen atoms in total. The first-order chi connectivity index (χ1) is 14.7. The van der Waals surface area contributed by atoms with E-state index in [4.69, 9.17) is 4.74 Å². The second-order valence-electron chi connectivity index (χ2n) is 7.08. The van der Waals surface area contributed by atoms with Crippen LogP contribution in [-0.4, -0.2) is 47.7 Å². The summed E-state index contributed by atoms with van der Waals surface area (Å²) < 4.78 is 43.5. The molecule has 1 aliphatic carbocycles. The molecule has 0 spiro atoms. The van der Waals surface area contributed by atoms with Gasteiger partial charge in [0, 0.05) is 31.4 Å². The van der Waals surface area contributed by atoms with E-state index < -0.39 is 11.7 Å². The van der Waals surface area contributed by atoms with Gasteiger partial charge in [-0.3, -0.25) is 9.79 Å². The highest BCUT2D eigenvalue weighted by atomic mass is 19.4. The van der Waals surface area contributed by atoms with Gasteiger partial charge in [-0.25, -0.2) is 4.98 Å². The van der Waals surface area contributed by atoms with Crippen molar-refractivity contribution in [3.8, 4) is 5.88 Å². The summed E-state index contributed by atoms with van der Waals surface area (Å²) in [4.78, 5) is 23.0. The molecule has 1 atom stereocenters. The highest BCUT2D eigenvalue weighted by Gasteiger charge is 2.31. The van der Waals surface area contributed by atoms with Gasteiger partial charge in [0.1, 0.15) is 6.61 Å². The fourth-order valence-electron chi connectivity index (χ4n) is 3.34. The number of alkyl halides is 3. The number of hydrogen-bond donors (Lipinski definition) is 0. The number of carbonyl (C=O) groups excluding carboxylic acids is 1. The summed E-state index contributed by atoms with van der Waals surface area (Å²) in [6, 6.07) is 1.79. The van der Waals surface area contributed by atoms with Crippen LogP contribution in [-0.2, 0) is 11.0 Å². The number of ether oxygens (including phenoxy) is 1. The molecule has 0 bridgehead atoms. The van der Waals surface area contributed by atoms with Crippen LogP contribution >= 0.6 is 0 Å². The zero-order valence-electron chi connectivity index (χ0n) is 18.2. The Morgan fingerprint density at radius 1 is 1.39 bits per heavy atom. The molecule has 168 valence electrons. The van der Waals surface area contributed by atoms with E-state index in [-0.39, 0.29) is 24.4 Å². The molecule has 0 fully saturated rings. The summed E-state index contributed by atoms with van der Waals surface area (Å²) in [5.41, 5.74) is 1.45. The molecule has 31 heavy (non-hydrogen) atoms. The summed E-state index contributed by atoms with van der Waals surface area (Å²) in [6.45, 7) is 6.17. The van der Waals surface area contributed by atoms with Gasteiger partial charge < -0.3 is 9.64 Å². The average molecular weight is 435 g/mol. The van der Waals surface area contributed by atoms with E-state index >= 15 is 0 Å². The van der Waals surface area contributed by atoms with Crippen LogP contribution in [0.3, 0.4) is 0 Å². The number of pyridine rings is 1. The fraction of sp³-hybridized carbons (Fsp3) is 0.435. The van der Waals surface area contributed by atoms with Gasteiger partial charge in [0.05, 0.1) is 17.3 Å². The van der Waals surface area contributed by atoms with Gasteiger partial charge in [-0.2, -0.15) is 13.2 Å². The third kappa shape index (κ3) is 6.29. The van der Waals surface area contributed by atoms with Crippen molar-refractivity contribution in [2.45, 2.75) is 45.8 Å². The molecule has 0 aromatic carbocycles. The molecular weight excluding hydrogens is 407 g/mol. The van der Waals surface area contributed by atoms with Gasteiger partial charge in [0.25, 0.3) is 5.91 Å². The Balaban J connectivity index is 2.15. The second-order valence-corrected chi connectivity index (χ2v) is 7.08. The van der Waals surface area contributed by atoms with Gasteiger partial charge >= 0.3 is 6.18 Å². The van der Waals surface area contributed by atoms with Crippen LogP contribution in [0.1, 0.15) is 39.2 Å². The molecule has 0 radical (unpaired) electrons. The highest BCUT2D eigenvalue weighted by molar-refractivity contribution is 6.14. The number of halogens is 3. The first-order valence-corrected chi connectivity index (χ1v) is 10.2. The van der Waals surface area contributed by atoms with Crippen molar-refractivity contribution in [2.24, 2.45) is 4.99 Å². The predicted molar refractivity (Wildman–Crippen MR) is 115 cm³/mol. The molecule has 0 saturated carbocycles. The normalized spacial score (nSPS) is 16.0. The van der Waals surface area contributed by atoms with Gasteiger partial charge in [0.15, 0.2) is 0 Å². The predicted octanol–water partition coefficient (Wildman–Crippen LogP) is 5.01. The van der Waals surface area contributed by atoms with Crippen LogP contribution in [0.25, 0.3) is 0 Å². The lowest BCUT2D eigenvalue weighted by molar-refractivity contribution is -0.138. The third-order valence-corrected chi connectivity index (χ3v) is 4.95. The number of rotatable bonds is 8. The molecule has 0 aliphatic heterocycles. The monoisotopic (exact) mass is 435 g/mol. The van der Waals surface area contributed by atoms with Crippen LogP contribution in [0.5, 0.6) is 5.88 Å². The van der Waals surface area contributed by atoms with Crippen LogP contribution in [0.2, 0.25) is 0 Å². The molecule has 0 N–H and O–H groups in total. The Morgan fingerprint density at radius 2 is 2.13 bits per heavy atom. The van der Waals surface area contributed by atoms with E-state index in [9.17, 15) is 18.0 Å². The summed E-state index contributed by atoms with van der Waals surface area (Å²) in [5, 5.41) is 0. The van der Waals surface area contributed by atoms with E-state index in [1.165, 1.54) is 6.07 Å². The summed E-state index contributed by atoms with van der Waals surface area (Å²) in [7, 11) is 1.70. The first-order valence-electron chi connectivity index (χ1n) is 10.2. The van der Waals surface area contributed by atoms with Gasteiger partial charge in [-0.1, -0.05) is 18.2 Å². The standard InChI is InChI=1S/C23H28F3N3O2/c1-5-9-20(27-4)18-10-7-8-11-19(18)22(30)29(6-2)16(3)15-31-21-13-12-17(14-28-21)23(24,25)26/h5,8-9,11-14,16H,6-7,10,15H2,1-4H3/b9-5-,27-20+/t16-/m0/s1. The Morgan fingerprint density at radius 3 is 2.68 bits per heavy atom. The largest absolute Gasteiger partial charge is 0.475 e. The molecule has 8 heteroatoms. The quantitative estimate of drug-likeness (QED) is 0.540. The number of aliphatic imine (C=N–C) groups is 1. The molecular formula is C23H28F3N3O2. The zero-order valence-corrected chi connectivity index (χ0v) is 18.2. The molecule has 1 heterocycles. The first kappa shape index (κ1) is 24.4. The van der Waals surface area contributed by atoms with Crippen molar-refractivity contribution in [1.82, 2.24) is 9.88 Å². The summed E-state index contributed by atoms with van der Waals surface area (Å²) >= 11 is 0. The minimum absolute atomic E-state index is 0.0781. The minimum Gasteiger partial charge on any atom is -0.475 e. The number of hydrogen-bond acceptors (Lipinski definition) is 4. The van der Waals surface area contributed by atoms with Crippen molar-refractivity contribution in [3.05, 3.63) is 59.3 Å². The van der Waals surface area contributed by atoms with E-state index in [1.54, 1.807) is 11.9 Å². The van der Waals surface area contributed by atoms with Crippen LogP contribution in [0, 0.1) is 0 Å². The minimum atomic E-state index is -4.45. The Kier molecular flexibility index (Phi) is 8.59. The number of likely N-dealkylation sites (N-methyl/N-ethyl adjacent to an activating group) is 1. The van der Waals surface area contributed by atoms with Crippen LogP contribution in [0.15, 0.2) is 58.8 Å². The second kappa shape index (κ2) is 10.9.